The second-order valence-corrected chi connectivity index (χ2v) is 4.85. The van der Waals surface area contributed by atoms with Gasteiger partial charge in [-0.25, -0.2) is 4.98 Å². The van der Waals surface area contributed by atoms with E-state index in [9.17, 15) is 0 Å². The van der Waals surface area contributed by atoms with Crippen molar-refractivity contribution in [3.05, 3.63) is 23.4 Å². The molecule has 0 radical (unpaired) electrons. The van der Waals surface area contributed by atoms with Crippen LogP contribution in [0.5, 0.6) is 0 Å². The van der Waals surface area contributed by atoms with Crippen LogP contribution < -0.4 is 4.90 Å². The quantitative estimate of drug-likeness (QED) is 0.818. The van der Waals surface area contributed by atoms with Gasteiger partial charge in [0, 0.05) is 25.9 Å². The highest BCUT2D eigenvalue weighted by molar-refractivity contribution is 5.54. The summed E-state index contributed by atoms with van der Waals surface area (Å²) < 4.78 is 5.23. The van der Waals surface area contributed by atoms with Crippen LogP contribution in [0.25, 0.3) is 0 Å². The molecule has 2 rings (SSSR count). The number of nitrogens with zero attached hydrogens (tertiary/aromatic N) is 3. The van der Waals surface area contributed by atoms with Crippen LogP contribution >= 0.6 is 0 Å². The van der Waals surface area contributed by atoms with Crippen molar-refractivity contribution in [2.75, 3.05) is 31.7 Å². The maximum Gasteiger partial charge on any atom is 0.146 e. The Kier molecular flexibility index (Phi) is 4.16. The minimum Gasteiger partial charge on any atom is -0.384 e. The molecular weight excluding hydrogens is 226 g/mol. The number of piperidine rings is 1. The molecule has 1 aliphatic rings. The van der Waals surface area contributed by atoms with Crippen LogP contribution in [0.15, 0.2) is 12.1 Å². The Hall–Kier alpha value is -1.60. The Labute approximate surface area is 108 Å². The van der Waals surface area contributed by atoms with E-state index in [-0.39, 0.29) is 0 Å². The number of nitriles is 1. The second-order valence-electron chi connectivity index (χ2n) is 4.85. The molecule has 4 nitrogen and oxygen atoms in total. The fraction of sp³-hybridized carbons (Fsp3) is 0.571. The molecule has 0 bridgehead atoms. The molecule has 1 aromatic heterocycles. The molecule has 0 saturated carbocycles. The number of anilines is 1. The van der Waals surface area contributed by atoms with Crippen LogP contribution in [0, 0.1) is 24.2 Å². The van der Waals surface area contributed by atoms with E-state index >= 15 is 0 Å². The Morgan fingerprint density at radius 1 is 1.56 bits per heavy atom. The zero-order valence-corrected chi connectivity index (χ0v) is 11.0. The summed E-state index contributed by atoms with van der Waals surface area (Å²) in [6.45, 7) is 4.65. The summed E-state index contributed by atoms with van der Waals surface area (Å²) in [5.41, 5.74) is 1.62. The van der Waals surface area contributed by atoms with Gasteiger partial charge >= 0.3 is 0 Å². The monoisotopic (exact) mass is 245 g/mol. The van der Waals surface area contributed by atoms with Gasteiger partial charge in [0.1, 0.15) is 11.9 Å². The van der Waals surface area contributed by atoms with Gasteiger partial charge in [0.2, 0.25) is 0 Å². The lowest BCUT2D eigenvalue weighted by molar-refractivity contribution is 0.143. The first-order valence-corrected chi connectivity index (χ1v) is 6.36. The van der Waals surface area contributed by atoms with E-state index in [4.69, 9.17) is 10.00 Å². The number of rotatable bonds is 3. The molecule has 1 saturated heterocycles. The molecule has 1 aliphatic heterocycles. The van der Waals surface area contributed by atoms with E-state index in [1.54, 1.807) is 7.11 Å². The fourth-order valence-electron chi connectivity index (χ4n) is 2.50. The minimum atomic E-state index is 0.539. The van der Waals surface area contributed by atoms with Crippen LogP contribution in [0.2, 0.25) is 0 Å². The molecule has 2 heterocycles. The lowest BCUT2D eigenvalue weighted by atomic mass is 9.98. The third-order valence-electron chi connectivity index (χ3n) is 3.36. The zero-order valence-electron chi connectivity index (χ0n) is 11.0. The molecular formula is C14H19N3O. The predicted octanol–water partition coefficient (Wildman–Crippen LogP) is 2.12. The van der Waals surface area contributed by atoms with E-state index in [0.29, 0.717) is 11.5 Å². The molecule has 1 aromatic rings. The maximum atomic E-state index is 9.17. The average Bonchev–Trinajstić information content (AvgIpc) is 2.39. The number of pyridine rings is 1. The number of hydrogen-bond acceptors (Lipinski definition) is 4. The van der Waals surface area contributed by atoms with Crippen molar-refractivity contribution in [3.63, 3.8) is 0 Å². The molecule has 0 aliphatic carbocycles. The van der Waals surface area contributed by atoms with E-state index in [2.05, 4.69) is 16.0 Å². The smallest absolute Gasteiger partial charge is 0.146 e. The number of hydrogen-bond donors (Lipinski definition) is 0. The summed E-state index contributed by atoms with van der Waals surface area (Å²) in [6, 6.07) is 5.98. The van der Waals surface area contributed by atoms with E-state index < -0.39 is 0 Å². The van der Waals surface area contributed by atoms with Gasteiger partial charge in [-0.1, -0.05) is 0 Å². The van der Waals surface area contributed by atoms with Crippen molar-refractivity contribution in [1.82, 2.24) is 4.98 Å². The zero-order chi connectivity index (χ0) is 13.0. The van der Waals surface area contributed by atoms with E-state index in [1.807, 2.05) is 19.1 Å². The summed E-state index contributed by atoms with van der Waals surface area (Å²) in [7, 11) is 1.74. The van der Waals surface area contributed by atoms with E-state index in [0.717, 1.165) is 37.6 Å². The molecule has 1 fully saturated rings. The van der Waals surface area contributed by atoms with Crippen LogP contribution in [0.4, 0.5) is 5.82 Å². The minimum absolute atomic E-state index is 0.539. The average molecular weight is 245 g/mol. The molecule has 0 N–H and O–H groups in total. The van der Waals surface area contributed by atoms with Gasteiger partial charge in [0.15, 0.2) is 0 Å². The molecule has 96 valence electrons. The predicted molar refractivity (Wildman–Crippen MR) is 70.5 cm³/mol. The summed E-state index contributed by atoms with van der Waals surface area (Å²) in [6.07, 6.45) is 2.33. The van der Waals surface area contributed by atoms with Gasteiger partial charge in [-0.3, -0.25) is 0 Å². The molecule has 1 unspecified atom stereocenters. The largest absolute Gasteiger partial charge is 0.384 e. The van der Waals surface area contributed by atoms with Gasteiger partial charge in [0.25, 0.3) is 0 Å². The Bertz CT molecular complexity index is 451. The number of aromatic nitrogens is 1. The second kappa shape index (κ2) is 5.83. The third kappa shape index (κ3) is 2.80. The molecule has 0 amide bonds. The standard InChI is InChI=1S/C14H19N3O/c1-11-5-6-13(8-15)14(16-11)17-7-3-4-12(9-17)10-18-2/h5-6,12H,3-4,7,9-10H2,1-2H3. The summed E-state index contributed by atoms with van der Waals surface area (Å²) >= 11 is 0. The highest BCUT2D eigenvalue weighted by Gasteiger charge is 2.22. The van der Waals surface area contributed by atoms with Crippen molar-refractivity contribution in [2.24, 2.45) is 5.92 Å². The van der Waals surface area contributed by atoms with Crippen molar-refractivity contribution in [3.8, 4) is 6.07 Å². The molecule has 4 heteroatoms. The van der Waals surface area contributed by atoms with Crippen LogP contribution in [-0.4, -0.2) is 31.8 Å². The normalized spacial score (nSPS) is 19.6. The Morgan fingerprint density at radius 2 is 2.39 bits per heavy atom. The van der Waals surface area contributed by atoms with Gasteiger partial charge < -0.3 is 9.64 Å². The lowest BCUT2D eigenvalue weighted by Crippen LogP contribution is -2.38. The summed E-state index contributed by atoms with van der Waals surface area (Å²) in [5.74, 6) is 1.37. The van der Waals surface area contributed by atoms with Crippen LogP contribution in [0.1, 0.15) is 24.1 Å². The molecule has 18 heavy (non-hydrogen) atoms. The van der Waals surface area contributed by atoms with Gasteiger partial charge in [-0.15, -0.1) is 0 Å². The first-order valence-electron chi connectivity index (χ1n) is 6.36. The van der Waals surface area contributed by atoms with Crippen molar-refractivity contribution >= 4 is 5.82 Å². The number of ether oxygens (including phenoxy) is 1. The topological polar surface area (TPSA) is 49.1 Å². The van der Waals surface area contributed by atoms with Crippen LogP contribution in [-0.2, 0) is 4.74 Å². The SMILES string of the molecule is COCC1CCCN(c2nc(C)ccc2C#N)C1. The van der Waals surface area contributed by atoms with Crippen molar-refractivity contribution < 1.29 is 4.74 Å². The van der Waals surface area contributed by atoms with Crippen molar-refractivity contribution in [1.29, 1.82) is 5.26 Å². The van der Waals surface area contributed by atoms with Crippen LogP contribution in [0.3, 0.4) is 0 Å². The summed E-state index contributed by atoms with van der Waals surface area (Å²) in [5, 5.41) is 9.17. The number of methoxy groups -OCH3 is 1. The Morgan fingerprint density at radius 3 is 3.11 bits per heavy atom. The van der Waals surface area contributed by atoms with Crippen molar-refractivity contribution in [2.45, 2.75) is 19.8 Å². The third-order valence-corrected chi connectivity index (χ3v) is 3.36. The van der Waals surface area contributed by atoms with E-state index in [1.165, 1.54) is 6.42 Å². The number of aryl methyl sites for hydroxylation is 1. The van der Waals surface area contributed by atoms with Gasteiger partial charge in [-0.2, -0.15) is 5.26 Å². The maximum absolute atomic E-state index is 9.17. The summed E-state index contributed by atoms with van der Waals surface area (Å²) in [4.78, 5) is 6.75. The van der Waals surface area contributed by atoms with Gasteiger partial charge in [-0.05, 0) is 37.8 Å². The highest BCUT2D eigenvalue weighted by Crippen LogP contribution is 2.24. The molecule has 0 spiro atoms. The van der Waals surface area contributed by atoms with Gasteiger partial charge in [0.05, 0.1) is 12.2 Å². The first-order chi connectivity index (χ1) is 8.74. The first kappa shape index (κ1) is 12.8. The highest BCUT2D eigenvalue weighted by atomic mass is 16.5. The Balaban J connectivity index is 2.20. The fourth-order valence-corrected chi connectivity index (χ4v) is 2.50. The molecule has 1 atom stereocenters. The lowest BCUT2D eigenvalue weighted by Gasteiger charge is -2.33. The molecule has 0 aromatic carbocycles.